The first-order valence-corrected chi connectivity index (χ1v) is 7.05. The average Bonchev–Trinajstić information content (AvgIpc) is 2.29. The number of carbonyl (C=O) groups excluding carboxylic acids is 1. The second-order valence-corrected chi connectivity index (χ2v) is 6.09. The number of nitrogens with zero attached hydrogens (tertiary/aromatic N) is 1. The molecule has 0 heterocycles. The third-order valence-corrected chi connectivity index (χ3v) is 3.53. The van der Waals surface area contributed by atoms with E-state index >= 15 is 0 Å². The van der Waals surface area contributed by atoms with Crippen LogP contribution in [0.5, 0.6) is 0 Å². The molecule has 0 unspecified atom stereocenters. The summed E-state index contributed by atoms with van der Waals surface area (Å²) in [5, 5.41) is 0.563. The van der Waals surface area contributed by atoms with E-state index in [0.29, 0.717) is 28.7 Å². The molecule has 0 fully saturated rings. The number of anilines is 1. The Morgan fingerprint density at radius 1 is 1.26 bits per heavy atom. The van der Waals surface area contributed by atoms with E-state index in [0.717, 1.165) is 0 Å². The van der Waals surface area contributed by atoms with Crippen molar-refractivity contribution < 1.29 is 4.79 Å². The summed E-state index contributed by atoms with van der Waals surface area (Å²) in [5.41, 5.74) is 6.53. The molecule has 19 heavy (non-hydrogen) atoms. The molecule has 1 aromatic carbocycles. The standard InChI is InChI=1S/C14H20Cl2N2O/c1-8(2)7-18(9(3)4)14(19)11-5-10(17)6-12(15)13(11)16/h5-6,8-9H,7,17H2,1-4H3. The molecule has 0 aliphatic rings. The zero-order valence-electron chi connectivity index (χ0n) is 11.7. The number of benzene rings is 1. The Bertz CT molecular complexity index is 473. The fourth-order valence-electron chi connectivity index (χ4n) is 1.84. The van der Waals surface area contributed by atoms with Crippen LogP contribution in [0.25, 0.3) is 0 Å². The lowest BCUT2D eigenvalue weighted by molar-refractivity contribution is 0.0682. The van der Waals surface area contributed by atoms with Gasteiger partial charge >= 0.3 is 0 Å². The van der Waals surface area contributed by atoms with Crippen molar-refractivity contribution in [3.05, 3.63) is 27.7 Å². The van der Waals surface area contributed by atoms with Crippen molar-refractivity contribution in [2.75, 3.05) is 12.3 Å². The lowest BCUT2D eigenvalue weighted by Gasteiger charge is -2.29. The van der Waals surface area contributed by atoms with Gasteiger partial charge in [0.05, 0.1) is 15.6 Å². The molecule has 1 aromatic rings. The van der Waals surface area contributed by atoms with Gasteiger partial charge in [0.15, 0.2) is 0 Å². The second-order valence-electron chi connectivity index (χ2n) is 5.31. The van der Waals surface area contributed by atoms with E-state index in [1.54, 1.807) is 17.0 Å². The molecule has 0 bridgehead atoms. The van der Waals surface area contributed by atoms with E-state index in [1.807, 2.05) is 13.8 Å². The smallest absolute Gasteiger partial charge is 0.255 e. The zero-order chi connectivity index (χ0) is 14.7. The van der Waals surface area contributed by atoms with Crippen molar-refractivity contribution in [1.29, 1.82) is 0 Å². The molecule has 3 nitrogen and oxygen atoms in total. The normalized spacial score (nSPS) is 11.2. The summed E-state index contributed by atoms with van der Waals surface area (Å²) < 4.78 is 0. The van der Waals surface area contributed by atoms with Gasteiger partial charge in [0.2, 0.25) is 0 Å². The van der Waals surface area contributed by atoms with Crippen LogP contribution in [0, 0.1) is 5.92 Å². The lowest BCUT2D eigenvalue weighted by Crippen LogP contribution is -2.39. The zero-order valence-corrected chi connectivity index (χ0v) is 13.2. The number of hydrogen-bond acceptors (Lipinski definition) is 2. The molecule has 1 amide bonds. The highest BCUT2D eigenvalue weighted by Gasteiger charge is 2.23. The first kappa shape index (κ1) is 16.1. The van der Waals surface area contributed by atoms with Crippen molar-refractivity contribution >= 4 is 34.8 Å². The van der Waals surface area contributed by atoms with Crippen LogP contribution in [0.3, 0.4) is 0 Å². The molecule has 0 aliphatic heterocycles. The van der Waals surface area contributed by atoms with E-state index < -0.39 is 0 Å². The van der Waals surface area contributed by atoms with E-state index in [-0.39, 0.29) is 17.0 Å². The van der Waals surface area contributed by atoms with Gasteiger partial charge in [0, 0.05) is 18.3 Å². The molecule has 0 saturated heterocycles. The Kier molecular flexibility index (Phi) is 5.50. The molecular formula is C14H20Cl2N2O. The lowest BCUT2D eigenvalue weighted by atomic mass is 10.1. The Morgan fingerprint density at radius 2 is 1.84 bits per heavy atom. The Morgan fingerprint density at radius 3 is 2.32 bits per heavy atom. The summed E-state index contributed by atoms with van der Waals surface area (Å²) in [6.45, 7) is 8.75. The first-order chi connectivity index (χ1) is 8.73. The molecule has 0 atom stereocenters. The highest BCUT2D eigenvalue weighted by molar-refractivity contribution is 6.44. The molecule has 106 valence electrons. The molecule has 0 radical (unpaired) electrons. The van der Waals surface area contributed by atoms with Crippen molar-refractivity contribution in [2.24, 2.45) is 5.92 Å². The molecule has 0 aliphatic carbocycles. The van der Waals surface area contributed by atoms with Gasteiger partial charge in [-0.2, -0.15) is 0 Å². The van der Waals surface area contributed by atoms with Crippen molar-refractivity contribution in [3.8, 4) is 0 Å². The van der Waals surface area contributed by atoms with Gasteiger partial charge < -0.3 is 10.6 Å². The second kappa shape index (κ2) is 6.49. The largest absolute Gasteiger partial charge is 0.399 e. The quantitative estimate of drug-likeness (QED) is 0.852. The molecule has 1 rings (SSSR count). The van der Waals surface area contributed by atoms with Crippen molar-refractivity contribution in [2.45, 2.75) is 33.7 Å². The topological polar surface area (TPSA) is 46.3 Å². The number of carbonyl (C=O) groups is 1. The van der Waals surface area contributed by atoms with Gasteiger partial charge in [0.25, 0.3) is 5.91 Å². The van der Waals surface area contributed by atoms with Gasteiger partial charge in [-0.3, -0.25) is 4.79 Å². The molecule has 0 spiro atoms. The molecule has 5 heteroatoms. The minimum Gasteiger partial charge on any atom is -0.399 e. The number of nitrogen functional groups attached to an aromatic ring is 1. The summed E-state index contributed by atoms with van der Waals surface area (Å²) in [5.74, 6) is 0.240. The predicted molar refractivity (Wildman–Crippen MR) is 81.9 cm³/mol. The van der Waals surface area contributed by atoms with Crippen molar-refractivity contribution in [3.63, 3.8) is 0 Å². The third-order valence-electron chi connectivity index (χ3n) is 2.73. The predicted octanol–water partition coefficient (Wildman–Crippen LogP) is 4.08. The van der Waals surface area contributed by atoms with Crippen molar-refractivity contribution in [1.82, 2.24) is 4.90 Å². The molecule has 2 N–H and O–H groups in total. The Labute approximate surface area is 124 Å². The minimum absolute atomic E-state index is 0.0890. The maximum Gasteiger partial charge on any atom is 0.255 e. The van der Waals surface area contributed by atoms with Crippen LogP contribution in [-0.2, 0) is 0 Å². The van der Waals surface area contributed by atoms with Gasteiger partial charge in [0.1, 0.15) is 0 Å². The van der Waals surface area contributed by atoms with Crippen LogP contribution in [0.15, 0.2) is 12.1 Å². The number of nitrogens with two attached hydrogens (primary N) is 1. The van der Waals surface area contributed by atoms with E-state index in [1.165, 1.54) is 0 Å². The summed E-state index contributed by atoms with van der Waals surface area (Å²) in [6.07, 6.45) is 0. The van der Waals surface area contributed by atoms with Crippen LogP contribution in [-0.4, -0.2) is 23.4 Å². The maximum atomic E-state index is 12.6. The van der Waals surface area contributed by atoms with E-state index in [4.69, 9.17) is 28.9 Å². The number of hydrogen-bond donors (Lipinski definition) is 1. The van der Waals surface area contributed by atoms with Gasteiger partial charge in [-0.25, -0.2) is 0 Å². The average molecular weight is 303 g/mol. The number of amides is 1. The van der Waals surface area contributed by atoms with Crippen LogP contribution in [0.2, 0.25) is 10.0 Å². The summed E-state index contributed by atoms with van der Waals surface area (Å²) in [6, 6.07) is 3.21. The molecule has 0 saturated carbocycles. The fraction of sp³-hybridized carbons (Fsp3) is 0.500. The van der Waals surface area contributed by atoms with E-state index in [2.05, 4.69) is 13.8 Å². The Balaban J connectivity index is 3.16. The highest BCUT2D eigenvalue weighted by Crippen LogP contribution is 2.30. The third kappa shape index (κ3) is 4.02. The van der Waals surface area contributed by atoms with Crippen LogP contribution < -0.4 is 5.73 Å². The Hall–Kier alpha value is -0.930. The number of rotatable bonds is 4. The number of halogens is 2. The summed E-state index contributed by atoms with van der Waals surface area (Å²) in [7, 11) is 0. The molecule has 0 aromatic heterocycles. The van der Waals surface area contributed by atoms with Crippen LogP contribution in [0.4, 0.5) is 5.69 Å². The molecular weight excluding hydrogens is 283 g/mol. The fourth-order valence-corrected chi connectivity index (χ4v) is 2.26. The van der Waals surface area contributed by atoms with Gasteiger partial charge in [-0.1, -0.05) is 37.0 Å². The summed E-state index contributed by atoms with van der Waals surface area (Å²) in [4.78, 5) is 14.4. The highest BCUT2D eigenvalue weighted by atomic mass is 35.5. The van der Waals surface area contributed by atoms with E-state index in [9.17, 15) is 4.79 Å². The first-order valence-electron chi connectivity index (χ1n) is 6.29. The summed E-state index contributed by atoms with van der Waals surface area (Å²) >= 11 is 12.1. The van der Waals surface area contributed by atoms with Gasteiger partial charge in [-0.05, 0) is 31.9 Å². The maximum absolute atomic E-state index is 12.6. The van der Waals surface area contributed by atoms with Crippen LogP contribution >= 0.6 is 23.2 Å². The monoisotopic (exact) mass is 302 g/mol. The van der Waals surface area contributed by atoms with Crippen LogP contribution in [0.1, 0.15) is 38.1 Å². The minimum atomic E-state index is -0.136. The van der Waals surface area contributed by atoms with Gasteiger partial charge in [-0.15, -0.1) is 0 Å². The SMILES string of the molecule is CC(C)CN(C(=O)c1cc(N)cc(Cl)c1Cl)C(C)C.